The Labute approximate surface area is 171 Å². The normalized spacial score (nSPS) is 10.7. The molecule has 3 rings (SSSR count). The summed E-state index contributed by atoms with van der Waals surface area (Å²) in [5.74, 6) is 2.00. The highest BCUT2D eigenvalue weighted by molar-refractivity contribution is 5.94. The standard InChI is InChI=1S/C23H27N3O3/c1-16(2)15-26-19-9-6-5-8-18(19)25-22(26)10-7-13-24-23(27)17-11-12-20(28-3)21(14-17)29-4/h5-6,8-9,11-12,14H,1,7,10,13,15H2,2-4H3,(H,24,27). The molecule has 0 aliphatic rings. The summed E-state index contributed by atoms with van der Waals surface area (Å²) in [6.07, 6.45) is 1.56. The first kappa shape index (κ1) is 20.5. The minimum Gasteiger partial charge on any atom is -0.493 e. The number of nitrogens with zero attached hydrogens (tertiary/aromatic N) is 2. The molecule has 0 fully saturated rings. The number of ether oxygens (including phenoxy) is 2. The maximum Gasteiger partial charge on any atom is 0.251 e. The molecule has 0 radical (unpaired) electrons. The summed E-state index contributed by atoms with van der Waals surface area (Å²) in [6, 6.07) is 13.2. The van der Waals surface area contributed by atoms with E-state index in [1.165, 1.54) is 0 Å². The van der Waals surface area contributed by atoms with Crippen molar-refractivity contribution in [1.82, 2.24) is 14.9 Å². The lowest BCUT2D eigenvalue weighted by Crippen LogP contribution is -2.25. The number of carbonyl (C=O) groups is 1. The van der Waals surface area contributed by atoms with Crippen LogP contribution in [0.1, 0.15) is 29.5 Å². The Morgan fingerprint density at radius 3 is 2.62 bits per heavy atom. The predicted molar refractivity (Wildman–Crippen MR) is 115 cm³/mol. The Morgan fingerprint density at radius 2 is 1.90 bits per heavy atom. The van der Waals surface area contributed by atoms with Crippen molar-refractivity contribution in [2.45, 2.75) is 26.3 Å². The van der Waals surface area contributed by atoms with E-state index in [1.807, 2.05) is 25.1 Å². The van der Waals surface area contributed by atoms with Crippen LogP contribution in [0.15, 0.2) is 54.6 Å². The zero-order valence-corrected chi connectivity index (χ0v) is 17.2. The number of imidazole rings is 1. The highest BCUT2D eigenvalue weighted by atomic mass is 16.5. The van der Waals surface area contributed by atoms with Crippen LogP contribution in [0.25, 0.3) is 11.0 Å². The summed E-state index contributed by atoms with van der Waals surface area (Å²) in [6.45, 7) is 7.35. The quantitative estimate of drug-likeness (QED) is 0.441. The molecule has 152 valence electrons. The molecule has 29 heavy (non-hydrogen) atoms. The number of amides is 1. The van der Waals surface area contributed by atoms with Crippen LogP contribution < -0.4 is 14.8 Å². The maximum atomic E-state index is 12.4. The Bertz CT molecular complexity index is 1020. The first-order valence-corrected chi connectivity index (χ1v) is 9.62. The highest BCUT2D eigenvalue weighted by Gasteiger charge is 2.12. The second kappa shape index (κ2) is 9.28. The van der Waals surface area contributed by atoms with Crippen molar-refractivity contribution in [3.63, 3.8) is 0 Å². The molecule has 0 bridgehead atoms. The van der Waals surface area contributed by atoms with Crippen LogP contribution in [-0.4, -0.2) is 36.2 Å². The van der Waals surface area contributed by atoms with Crippen LogP contribution in [0.3, 0.4) is 0 Å². The maximum absolute atomic E-state index is 12.4. The van der Waals surface area contributed by atoms with Gasteiger partial charge in [0.25, 0.3) is 5.91 Å². The molecule has 0 spiro atoms. The average molecular weight is 393 g/mol. The lowest BCUT2D eigenvalue weighted by Gasteiger charge is -2.11. The number of aromatic nitrogens is 2. The second-order valence-electron chi connectivity index (χ2n) is 6.99. The molecule has 0 aliphatic heterocycles. The van der Waals surface area contributed by atoms with Gasteiger partial charge in [-0.2, -0.15) is 0 Å². The van der Waals surface area contributed by atoms with Gasteiger partial charge in [0, 0.05) is 25.1 Å². The van der Waals surface area contributed by atoms with Crippen molar-refractivity contribution in [3.05, 3.63) is 66.0 Å². The topological polar surface area (TPSA) is 65.4 Å². The van der Waals surface area contributed by atoms with Gasteiger partial charge in [0.1, 0.15) is 5.82 Å². The SMILES string of the molecule is C=C(C)Cn1c(CCCNC(=O)c2ccc(OC)c(OC)c2)nc2ccccc21. The van der Waals surface area contributed by atoms with E-state index >= 15 is 0 Å². The number of allylic oxidation sites excluding steroid dienone is 1. The Morgan fingerprint density at radius 1 is 1.14 bits per heavy atom. The number of carbonyl (C=O) groups excluding carboxylic acids is 1. The van der Waals surface area contributed by atoms with Crippen molar-refractivity contribution in [3.8, 4) is 11.5 Å². The number of methoxy groups -OCH3 is 2. The van der Waals surface area contributed by atoms with E-state index in [9.17, 15) is 4.79 Å². The summed E-state index contributed by atoms with van der Waals surface area (Å²) < 4.78 is 12.7. The number of nitrogens with one attached hydrogen (secondary N) is 1. The summed E-state index contributed by atoms with van der Waals surface area (Å²) in [4.78, 5) is 17.2. The van der Waals surface area contributed by atoms with E-state index in [4.69, 9.17) is 14.5 Å². The summed E-state index contributed by atoms with van der Waals surface area (Å²) in [5, 5.41) is 2.96. The molecule has 0 saturated carbocycles. The molecule has 6 heteroatoms. The van der Waals surface area contributed by atoms with Gasteiger partial charge in [0.15, 0.2) is 11.5 Å². The molecule has 0 aliphatic carbocycles. The van der Waals surface area contributed by atoms with Gasteiger partial charge in [-0.3, -0.25) is 4.79 Å². The minimum absolute atomic E-state index is 0.138. The fourth-order valence-electron chi connectivity index (χ4n) is 3.29. The lowest BCUT2D eigenvalue weighted by atomic mass is 10.2. The fourth-order valence-corrected chi connectivity index (χ4v) is 3.29. The monoisotopic (exact) mass is 393 g/mol. The third-order valence-corrected chi connectivity index (χ3v) is 4.67. The van der Waals surface area contributed by atoms with Crippen molar-refractivity contribution < 1.29 is 14.3 Å². The van der Waals surface area contributed by atoms with Crippen LogP contribution in [0, 0.1) is 0 Å². The van der Waals surface area contributed by atoms with Gasteiger partial charge in [0.2, 0.25) is 0 Å². The molecule has 0 unspecified atom stereocenters. The van der Waals surface area contributed by atoms with E-state index in [2.05, 4.69) is 22.5 Å². The molecular weight excluding hydrogens is 366 g/mol. The van der Waals surface area contributed by atoms with E-state index in [1.54, 1.807) is 32.4 Å². The van der Waals surface area contributed by atoms with Gasteiger partial charge >= 0.3 is 0 Å². The predicted octanol–water partition coefficient (Wildman–Crippen LogP) is 3.99. The lowest BCUT2D eigenvalue weighted by molar-refractivity contribution is 0.0952. The minimum atomic E-state index is -0.138. The molecule has 1 aromatic heterocycles. The van der Waals surface area contributed by atoms with Gasteiger partial charge < -0.3 is 19.4 Å². The largest absolute Gasteiger partial charge is 0.493 e. The van der Waals surface area contributed by atoms with Crippen molar-refractivity contribution in [1.29, 1.82) is 0 Å². The van der Waals surface area contributed by atoms with Crippen molar-refractivity contribution in [2.75, 3.05) is 20.8 Å². The average Bonchev–Trinajstić information content (AvgIpc) is 3.07. The van der Waals surface area contributed by atoms with E-state index in [0.29, 0.717) is 23.6 Å². The first-order chi connectivity index (χ1) is 14.0. The van der Waals surface area contributed by atoms with E-state index in [0.717, 1.165) is 41.8 Å². The number of hydrogen-bond acceptors (Lipinski definition) is 4. The molecule has 0 atom stereocenters. The van der Waals surface area contributed by atoms with Crippen molar-refractivity contribution >= 4 is 16.9 Å². The second-order valence-corrected chi connectivity index (χ2v) is 6.99. The number of fused-ring (bicyclic) bond motifs is 1. The van der Waals surface area contributed by atoms with Gasteiger partial charge in [-0.15, -0.1) is 0 Å². The van der Waals surface area contributed by atoms with E-state index in [-0.39, 0.29) is 5.91 Å². The Kier molecular flexibility index (Phi) is 6.54. The number of aryl methyl sites for hydroxylation is 1. The summed E-state index contributed by atoms with van der Waals surface area (Å²) in [5.41, 5.74) is 3.71. The number of hydrogen-bond donors (Lipinski definition) is 1. The van der Waals surface area contributed by atoms with Gasteiger partial charge in [0.05, 0.1) is 25.3 Å². The molecule has 3 aromatic rings. The van der Waals surface area contributed by atoms with Gasteiger partial charge in [-0.25, -0.2) is 4.98 Å². The van der Waals surface area contributed by atoms with Crippen LogP contribution in [-0.2, 0) is 13.0 Å². The zero-order valence-electron chi connectivity index (χ0n) is 17.2. The zero-order chi connectivity index (χ0) is 20.8. The van der Waals surface area contributed by atoms with E-state index < -0.39 is 0 Å². The number of rotatable bonds is 9. The third kappa shape index (κ3) is 4.77. The van der Waals surface area contributed by atoms with Crippen molar-refractivity contribution in [2.24, 2.45) is 0 Å². The molecule has 2 aromatic carbocycles. The van der Waals surface area contributed by atoms with Crippen LogP contribution in [0.2, 0.25) is 0 Å². The first-order valence-electron chi connectivity index (χ1n) is 9.62. The molecule has 1 heterocycles. The molecule has 1 N–H and O–H groups in total. The molecular formula is C23H27N3O3. The van der Waals surface area contributed by atoms with Gasteiger partial charge in [-0.05, 0) is 43.7 Å². The number of para-hydroxylation sites is 2. The van der Waals surface area contributed by atoms with Crippen LogP contribution >= 0.6 is 0 Å². The molecule has 6 nitrogen and oxygen atoms in total. The Hall–Kier alpha value is -3.28. The fraction of sp³-hybridized carbons (Fsp3) is 0.304. The molecule has 1 amide bonds. The number of benzene rings is 2. The summed E-state index contributed by atoms with van der Waals surface area (Å²) >= 11 is 0. The summed E-state index contributed by atoms with van der Waals surface area (Å²) in [7, 11) is 3.12. The Balaban J connectivity index is 1.62. The van der Waals surface area contributed by atoms with Crippen LogP contribution in [0.5, 0.6) is 11.5 Å². The van der Waals surface area contributed by atoms with Crippen LogP contribution in [0.4, 0.5) is 0 Å². The highest BCUT2D eigenvalue weighted by Crippen LogP contribution is 2.27. The smallest absolute Gasteiger partial charge is 0.251 e. The third-order valence-electron chi connectivity index (χ3n) is 4.67. The molecule has 0 saturated heterocycles. The van der Waals surface area contributed by atoms with Gasteiger partial charge in [-0.1, -0.05) is 24.3 Å².